The van der Waals surface area contributed by atoms with Crippen molar-refractivity contribution in [3.8, 4) is 0 Å². The highest BCUT2D eigenvalue weighted by molar-refractivity contribution is 9.24. The quantitative estimate of drug-likeness (QED) is 0.849. The summed E-state index contributed by atoms with van der Waals surface area (Å²) in [5.41, 5.74) is 2.18. The van der Waals surface area contributed by atoms with Gasteiger partial charge >= 0.3 is 5.97 Å². The summed E-state index contributed by atoms with van der Waals surface area (Å²) in [6.45, 7) is 1.87. The lowest BCUT2D eigenvalue weighted by atomic mass is 10.1. The van der Waals surface area contributed by atoms with Gasteiger partial charge in [0.15, 0.2) is 0 Å². The van der Waals surface area contributed by atoms with Crippen molar-refractivity contribution in [3.05, 3.63) is 34.9 Å². The van der Waals surface area contributed by atoms with Crippen LogP contribution in [0.25, 0.3) is 0 Å². The van der Waals surface area contributed by atoms with Gasteiger partial charge in [-0.25, -0.2) is 4.79 Å². The number of aromatic carboxylic acids is 1. The molecule has 13 heavy (non-hydrogen) atoms. The Hall–Kier alpha value is -0.350. The van der Waals surface area contributed by atoms with Crippen LogP contribution in [0.5, 0.6) is 0 Å². The Balaban J connectivity index is 3.19. The van der Waals surface area contributed by atoms with Gasteiger partial charge in [0.25, 0.3) is 0 Å². The lowest BCUT2D eigenvalue weighted by molar-refractivity contribution is 0.0696. The molecule has 1 aromatic rings. The van der Waals surface area contributed by atoms with E-state index < -0.39 is 5.97 Å². The average Bonchev–Trinajstić information content (AvgIpc) is 2.03. The smallest absolute Gasteiger partial charge is 0.335 e. The van der Waals surface area contributed by atoms with E-state index in [1.165, 1.54) is 0 Å². The van der Waals surface area contributed by atoms with Crippen molar-refractivity contribution >= 4 is 37.8 Å². The molecule has 4 heteroatoms. The number of carboxylic acids is 1. The van der Waals surface area contributed by atoms with Crippen molar-refractivity contribution in [3.63, 3.8) is 0 Å². The minimum absolute atomic E-state index is 0.00185. The summed E-state index contributed by atoms with van der Waals surface area (Å²) in [7, 11) is 0. The third-order valence-corrected chi connectivity index (χ3v) is 2.66. The molecule has 1 N–H and O–H groups in total. The molecule has 0 amide bonds. The minimum atomic E-state index is -0.898. The molecule has 1 rings (SSSR count). The third-order valence-electron chi connectivity index (χ3n) is 1.60. The van der Waals surface area contributed by atoms with Gasteiger partial charge < -0.3 is 5.11 Å². The third kappa shape index (κ3) is 2.81. The molecule has 0 heterocycles. The molecule has 0 spiro atoms. The lowest BCUT2D eigenvalue weighted by Crippen LogP contribution is -1.98. The van der Waals surface area contributed by atoms with Crippen molar-refractivity contribution in [1.82, 2.24) is 0 Å². The van der Waals surface area contributed by atoms with Crippen LogP contribution in [-0.4, -0.2) is 11.1 Å². The molecule has 0 saturated heterocycles. The van der Waals surface area contributed by atoms with Crippen LogP contribution in [0.1, 0.15) is 25.2 Å². The van der Waals surface area contributed by atoms with E-state index in [-0.39, 0.29) is 3.74 Å². The number of benzene rings is 1. The van der Waals surface area contributed by atoms with E-state index in [1.54, 1.807) is 12.1 Å². The van der Waals surface area contributed by atoms with Gasteiger partial charge in [-0.2, -0.15) is 0 Å². The summed E-state index contributed by atoms with van der Waals surface area (Å²) in [6.07, 6.45) is 0. The van der Waals surface area contributed by atoms with Crippen LogP contribution in [0, 0.1) is 6.92 Å². The number of aryl methyl sites for hydroxylation is 1. The topological polar surface area (TPSA) is 37.3 Å². The molecule has 2 nitrogen and oxygen atoms in total. The molecular weight excluding hydrogens is 300 g/mol. The van der Waals surface area contributed by atoms with Gasteiger partial charge in [0, 0.05) is 0 Å². The molecule has 0 atom stereocenters. The van der Waals surface area contributed by atoms with E-state index in [0.29, 0.717) is 5.56 Å². The van der Waals surface area contributed by atoms with Crippen LogP contribution in [0.15, 0.2) is 18.2 Å². The maximum Gasteiger partial charge on any atom is 0.335 e. The highest BCUT2D eigenvalue weighted by atomic mass is 79.9. The highest BCUT2D eigenvalue weighted by Gasteiger charge is 2.08. The predicted molar refractivity (Wildman–Crippen MR) is 58.7 cm³/mol. The molecule has 0 bridgehead atoms. The second-order valence-corrected chi connectivity index (χ2v) is 5.80. The van der Waals surface area contributed by atoms with Crippen LogP contribution in [0.2, 0.25) is 0 Å². The molecular formula is C9H8Br2O2. The standard InChI is InChI=1S/C9H8Br2O2/c1-5-2-6(8(10)11)4-7(3-5)9(12)13/h2-4,8H,1H3,(H,12,13). The number of hydrogen-bond donors (Lipinski definition) is 1. The Morgan fingerprint density at radius 1 is 1.38 bits per heavy atom. The van der Waals surface area contributed by atoms with Crippen molar-refractivity contribution < 1.29 is 9.90 Å². The zero-order valence-electron chi connectivity index (χ0n) is 6.92. The first kappa shape index (κ1) is 10.7. The second-order valence-electron chi connectivity index (χ2n) is 2.74. The summed E-state index contributed by atoms with van der Waals surface area (Å²) in [5.74, 6) is -0.898. The van der Waals surface area contributed by atoms with Crippen LogP contribution < -0.4 is 0 Å². The Bertz CT molecular complexity index is 334. The fraction of sp³-hybridized carbons (Fsp3) is 0.222. The highest BCUT2D eigenvalue weighted by Crippen LogP contribution is 2.30. The minimum Gasteiger partial charge on any atom is -0.478 e. The Labute approximate surface area is 93.2 Å². The van der Waals surface area contributed by atoms with Crippen molar-refractivity contribution in [2.75, 3.05) is 0 Å². The number of carboxylic acid groups (broad SMARTS) is 1. The first-order valence-corrected chi connectivity index (χ1v) is 5.47. The average molecular weight is 308 g/mol. The van der Waals surface area contributed by atoms with Gasteiger partial charge in [0.2, 0.25) is 0 Å². The zero-order chi connectivity index (χ0) is 10.0. The largest absolute Gasteiger partial charge is 0.478 e. The summed E-state index contributed by atoms with van der Waals surface area (Å²) in [6, 6.07) is 5.22. The van der Waals surface area contributed by atoms with Crippen LogP contribution >= 0.6 is 31.9 Å². The second kappa shape index (κ2) is 4.24. The first-order valence-electron chi connectivity index (χ1n) is 3.63. The maximum atomic E-state index is 10.7. The molecule has 70 valence electrons. The Morgan fingerprint density at radius 3 is 2.46 bits per heavy atom. The van der Waals surface area contributed by atoms with E-state index in [2.05, 4.69) is 31.9 Å². The van der Waals surface area contributed by atoms with Crippen LogP contribution in [-0.2, 0) is 0 Å². The number of halogens is 2. The fourth-order valence-corrected chi connectivity index (χ4v) is 1.59. The van der Waals surface area contributed by atoms with Crippen molar-refractivity contribution in [2.24, 2.45) is 0 Å². The summed E-state index contributed by atoms with van der Waals surface area (Å²) < 4.78 is -0.00185. The van der Waals surface area contributed by atoms with Gasteiger partial charge in [0.1, 0.15) is 0 Å². The summed E-state index contributed by atoms with van der Waals surface area (Å²) in [4.78, 5) is 10.7. The van der Waals surface area contributed by atoms with Crippen LogP contribution in [0.4, 0.5) is 0 Å². The van der Waals surface area contributed by atoms with E-state index >= 15 is 0 Å². The number of alkyl halides is 2. The molecule has 0 saturated carbocycles. The molecule has 1 aromatic carbocycles. The van der Waals surface area contributed by atoms with Crippen molar-refractivity contribution in [2.45, 2.75) is 10.7 Å². The Morgan fingerprint density at radius 2 is 2.00 bits per heavy atom. The molecule has 0 fully saturated rings. The predicted octanol–water partition coefficient (Wildman–Crippen LogP) is 3.48. The molecule has 0 aliphatic heterocycles. The van der Waals surface area contributed by atoms with Gasteiger partial charge in [-0.15, -0.1) is 0 Å². The van der Waals surface area contributed by atoms with Gasteiger partial charge in [-0.1, -0.05) is 37.9 Å². The monoisotopic (exact) mass is 306 g/mol. The van der Waals surface area contributed by atoms with E-state index in [9.17, 15) is 4.79 Å². The number of hydrogen-bond acceptors (Lipinski definition) is 1. The lowest BCUT2D eigenvalue weighted by Gasteiger charge is -2.05. The number of rotatable bonds is 2. The zero-order valence-corrected chi connectivity index (χ0v) is 10.1. The van der Waals surface area contributed by atoms with Gasteiger partial charge in [-0.3, -0.25) is 0 Å². The normalized spacial score (nSPS) is 10.5. The number of carbonyl (C=O) groups is 1. The Kier molecular flexibility index (Phi) is 3.50. The molecule has 0 unspecified atom stereocenters. The van der Waals surface area contributed by atoms with Gasteiger partial charge in [-0.05, 0) is 30.2 Å². The fourth-order valence-electron chi connectivity index (χ4n) is 1.06. The van der Waals surface area contributed by atoms with E-state index in [4.69, 9.17) is 5.11 Å². The maximum absolute atomic E-state index is 10.7. The summed E-state index contributed by atoms with van der Waals surface area (Å²) >= 11 is 6.65. The van der Waals surface area contributed by atoms with E-state index in [1.807, 2.05) is 13.0 Å². The van der Waals surface area contributed by atoms with E-state index in [0.717, 1.165) is 11.1 Å². The molecule has 0 aliphatic carbocycles. The van der Waals surface area contributed by atoms with Gasteiger partial charge in [0.05, 0.1) is 9.30 Å². The molecule has 0 aromatic heterocycles. The first-order chi connectivity index (χ1) is 6.00. The molecule has 0 aliphatic rings. The van der Waals surface area contributed by atoms with Crippen LogP contribution in [0.3, 0.4) is 0 Å². The van der Waals surface area contributed by atoms with Crippen molar-refractivity contribution in [1.29, 1.82) is 0 Å². The molecule has 0 radical (unpaired) electrons. The SMILES string of the molecule is Cc1cc(C(=O)O)cc(C(Br)Br)c1. The summed E-state index contributed by atoms with van der Waals surface area (Å²) in [5, 5.41) is 8.78.